The second-order valence-corrected chi connectivity index (χ2v) is 8.34. The third kappa shape index (κ3) is 10.2. The van der Waals surface area contributed by atoms with Crippen molar-refractivity contribution in [3.8, 4) is 5.75 Å². The van der Waals surface area contributed by atoms with Crippen molar-refractivity contribution in [1.82, 2.24) is 0 Å². The summed E-state index contributed by atoms with van der Waals surface area (Å²) in [6.07, 6.45) is 21.8. The first-order valence-corrected chi connectivity index (χ1v) is 12.1. The van der Waals surface area contributed by atoms with E-state index in [1.807, 2.05) is 6.07 Å². The smallest absolute Gasteiger partial charge is 0.119 e. The lowest BCUT2D eigenvalue weighted by Gasteiger charge is -2.17. The first-order chi connectivity index (χ1) is 13.2. The molecule has 156 valence electrons. The molecule has 0 bridgehead atoms. The summed E-state index contributed by atoms with van der Waals surface area (Å²) in [5.41, 5.74) is 4.27. The molecular weight excluding hydrogens is 328 g/mol. The van der Waals surface area contributed by atoms with Gasteiger partial charge in [-0.25, -0.2) is 0 Å². The molecule has 0 amide bonds. The summed E-state index contributed by atoms with van der Waals surface area (Å²) in [7, 11) is 0. The number of unbranched alkanes of at least 4 members (excludes halogenated alkanes) is 11. The Morgan fingerprint density at radius 2 is 1.00 bits per heavy atom. The molecule has 0 fully saturated rings. The minimum absolute atomic E-state index is 0.546. The Hall–Kier alpha value is -0.980. The number of hydrogen-bond acceptors (Lipinski definition) is 1. The van der Waals surface area contributed by atoms with Crippen LogP contribution in [0, 0.1) is 0 Å². The highest BCUT2D eigenvalue weighted by Gasteiger charge is 2.13. The quantitative estimate of drug-likeness (QED) is 0.271. The number of hydrogen-bond donors (Lipinski definition) is 1. The maximum atomic E-state index is 10.6. The summed E-state index contributed by atoms with van der Waals surface area (Å²) in [6, 6.07) is 4.16. The second-order valence-electron chi connectivity index (χ2n) is 8.34. The van der Waals surface area contributed by atoms with Crippen LogP contribution in [0.3, 0.4) is 0 Å². The van der Waals surface area contributed by atoms with Gasteiger partial charge in [0.25, 0.3) is 0 Å². The van der Waals surface area contributed by atoms with Crippen molar-refractivity contribution in [3.63, 3.8) is 0 Å². The number of aryl methyl sites for hydroxylation is 1. The SMILES string of the molecule is CCCCCCCCCc1c(O)ccc(CCCC)c1CCCCCCC. The lowest BCUT2D eigenvalue weighted by molar-refractivity contribution is 0.463. The van der Waals surface area contributed by atoms with E-state index in [2.05, 4.69) is 26.8 Å². The Morgan fingerprint density at radius 1 is 0.519 bits per heavy atom. The zero-order chi connectivity index (χ0) is 19.7. The molecule has 0 heterocycles. The fourth-order valence-corrected chi connectivity index (χ4v) is 4.09. The lowest BCUT2D eigenvalue weighted by Crippen LogP contribution is -2.02. The summed E-state index contributed by atoms with van der Waals surface area (Å²) >= 11 is 0. The van der Waals surface area contributed by atoms with Crippen molar-refractivity contribution in [2.75, 3.05) is 0 Å². The van der Waals surface area contributed by atoms with Gasteiger partial charge in [-0.1, -0.05) is 97.5 Å². The molecule has 0 unspecified atom stereocenters. The second kappa shape index (κ2) is 16.0. The highest BCUT2D eigenvalue weighted by atomic mass is 16.3. The Bertz CT molecular complexity index is 477. The van der Waals surface area contributed by atoms with Crippen LogP contribution in [-0.4, -0.2) is 5.11 Å². The Morgan fingerprint density at radius 3 is 1.56 bits per heavy atom. The van der Waals surface area contributed by atoms with Crippen LogP contribution in [0.25, 0.3) is 0 Å². The first-order valence-electron chi connectivity index (χ1n) is 12.1. The molecule has 0 radical (unpaired) electrons. The summed E-state index contributed by atoms with van der Waals surface area (Å²) in [6.45, 7) is 6.82. The van der Waals surface area contributed by atoms with Crippen LogP contribution in [0.4, 0.5) is 0 Å². The van der Waals surface area contributed by atoms with E-state index in [0.29, 0.717) is 5.75 Å². The van der Waals surface area contributed by atoms with E-state index in [-0.39, 0.29) is 0 Å². The van der Waals surface area contributed by atoms with Crippen molar-refractivity contribution in [1.29, 1.82) is 0 Å². The largest absolute Gasteiger partial charge is 0.508 e. The number of benzene rings is 1. The van der Waals surface area contributed by atoms with Gasteiger partial charge in [-0.3, -0.25) is 0 Å². The zero-order valence-corrected chi connectivity index (χ0v) is 18.6. The molecule has 0 aromatic heterocycles. The van der Waals surface area contributed by atoms with E-state index in [9.17, 15) is 5.11 Å². The summed E-state index contributed by atoms with van der Waals surface area (Å²) in [5.74, 6) is 0.546. The Labute approximate surface area is 170 Å². The third-order valence-corrected chi connectivity index (χ3v) is 5.86. The maximum Gasteiger partial charge on any atom is 0.119 e. The molecular formula is C26H46O. The maximum absolute atomic E-state index is 10.6. The molecule has 0 aliphatic carbocycles. The van der Waals surface area contributed by atoms with Crippen LogP contribution in [0.5, 0.6) is 5.75 Å². The van der Waals surface area contributed by atoms with Crippen LogP contribution >= 0.6 is 0 Å². The number of aromatic hydroxyl groups is 1. The number of rotatable bonds is 17. The zero-order valence-electron chi connectivity index (χ0n) is 18.6. The van der Waals surface area contributed by atoms with Gasteiger partial charge in [0.1, 0.15) is 5.75 Å². The van der Waals surface area contributed by atoms with Crippen LogP contribution in [0.15, 0.2) is 12.1 Å². The first kappa shape index (κ1) is 24.1. The molecule has 1 heteroatoms. The number of phenols is 1. The van der Waals surface area contributed by atoms with Crippen molar-refractivity contribution in [2.24, 2.45) is 0 Å². The molecule has 1 aromatic rings. The van der Waals surface area contributed by atoms with E-state index in [4.69, 9.17) is 0 Å². The van der Waals surface area contributed by atoms with Gasteiger partial charge in [0.15, 0.2) is 0 Å². The van der Waals surface area contributed by atoms with Crippen molar-refractivity contribution >= 4 is 0 Å². The standard InChI is InChI=1S/C26H46O/c1-4-7-10-12-13-15-17-20-25-24(19-16-14-11-8-5-2)23(18-9-6-3)21-22-26(25)27/h21-22,27H,4-20H2,1-3H3. The van der Waals surface area contributed by atoms with Crippen LogP contribution in [-0.2, 0) is 19.3 Å². The Kier molecular flexibility index (Phi) is 14.3. The molecule has 1 rings (SSSR count). The van der Waals surface area contributed by atoms with Crippen LogP contribution in [0.1, 0.15) is 127 Å². The highest BCUT2D eigenvalue weighted by molar-refractivity contribution is 5.45. The van der Waals surface area contributed by atoms with Crippen molar-refractivity contribution in [3.05, 3.63) is 28.8 Å². The number of phenolic OH excluding ortho intramolecular Hbond substituents is 1. The van der Waals surface area contributed by atoms with E-state index in [0.717, 1.165) is 12.8 Å². The molecule has 0 aliphatic heterocycles. The van der Waals surface area contributed by atoms with Gasteiger partial charge in [0, 0.05) is 0 Å². The van der Waals surface area contributed by atoms with E-state index in [1.165, 1.54) is 113 Å². The van der Waals surface area contributed by atoms with Crippen LogP contribution in [0.2, 0.25) is 0 Å². The van der Waals surface area contributed by atoms with Gasteiger partial charge in [0.05, 0.1) is 0 Å². The highest BCUT2D eigenvalue weighted by Crippen LogP contribution is 2.29. The van der Waals surface area contributed by atoms with E-state index >= 15 is 0 Å². The molecule has 1 nitrogen and oxygen atoms in total. The molecule has 1 aromatic carbocycles. The monoisotopic (exact) mass is 374 g/mol. The average molecular weight is 375 g/mol. The van der Waals surface area contributed by atoms with Gasteiger partial charge >= 0.3 is 0 Å². The summed E-state index contributed by atoms with van der Waals surface area (Å²) < 4.78 is 0. The minimum Gasteiger partial charge on any atom is -0.508 e. The summed E-state index contributed by atoms with van der Waals surface area (Å²) in [5, 5.41) is 10.6. The van der Waals surface area contributed by atoms with E-state index < -0.39 is 0 Å². The van der Waals surface area contributed by atoms with Gasteiger partial charge in [-0.05, 0) is 61.3 Å². The minimum atomic E-state index is 0.546. The summed E-state index contributed by atoms with van der Waals surface area (Å²) in [4.78, 5) is 0. The normalized spacial score (nSPS) is 11.2. The molecule has 0 saturated heterocycles. The van der Waals surface area contributed by atoms with Gasteiger partial charge in [-0.2, -0.15) is 0 Å². The topological polar surface area (TPSA) is 20.2 Å². The fourth-order valence-electron chi connectivity index (χ4n) is 4.09. The Balaban J connectivity index is 2.64. The van der Waals surface area contributed by atoms with Crippen molar-refractivity contribution < 1.29 is 5.11 Å². The van der Waals surface area contributed by atoms with Crippen LogP contribution < -0.4 is 0 Å². The molecule has 1 N–H and O–H groups in total. The van der Waals surface area contributed by atoms with Crippen molar-refractivity contribution in [2.45, 2.75) is 130 Å². The molecule has 0 saturated carbocycles. The average Bonchev–Trinajstić information content (AvgIpc) is 2.68. The third-order valence-electron chi connectivity index (χ3n) is 5.86. The van der Waals surface area contributed by atoms with Gasteiger partial charge in [-0.15, -0.1) is 0 Å². The fraction of sp³-hybridized carbons (Fsp3) is 0.769. The van der Waals surface area contributed by atoms with Gasteiger partial charge < -0.3 is 5.11 Å². The predicted octanol–water partition coefficient (Wildman–Crippen LogP) is 8.54. The van der Waals surface area contributed by atoms with Gasteiger partial charge in [0.2, 0.25) is 0 Å². The van der Waals surface area contributed by atoms with E-state index in [1.54, 1.807) is 0 Å². The molecule has 27 heavy (non-hydrogen) atoms. The molecule has 0 atom stereocenters. The predicted molar refractivity (Wildman–Crippen MR) is 121 cm³/mol. The molecule has 0 aliphatic rings. The molecule has 0 spiro atoms. The lowest BCUT2D eigenvalue weighted by atomic mass is 9.89.